The van der Waals surface area contributed by atoms with E-state index < -0.39 is 0 Å². The quantitative estimate of drug-likeness (QED) is 0.0405. The van der Waals surface area contributed by atoms with E-state index in [0.29, 0.717) is 53.7 Å². The van der Waals surface area contributed by atoms with Crippen LogP contribution in [0.3, 0.4) is 0 Å². The molecular weight excluding hydrogens is 709 g/mol. The lowest BCUT2D eigenvalue weighted by Crippen LogP contribution is -2.11. The molecule has 4 rings (SSSR count). The Balaban J connectivity index is 1.38. The number of aromatic hydroxyl groups is 2. The van der Waals surface area contributed by atoms with E-state index in [1.807, 2.05) is 30.3 Å². The molecule has 0 radical (unpaired) electrons. The number of hydrogen-bond acceptors (Lipinski definition) is 6. The Morgan fingerprint density at radius 3 is 1.58 bits per heavy atom. The average Bonchev–Trinajstić information content (AvgIpc) is 3.23. The second-order valence-corrected chi connectivity index (χ2v) is 15.7. The molecule has 0 aliphatic heterocycles. The number of unbranched alkanes of at least 4 members (excludes halogenated alkanes) is 14. The largest absolute Gasteiger partial charge is 0.507 e. The number of benzene rings is 4. The molecule has 2 N–H and O–H groups in total. The van der Waals surface area contributed by atoms with Gasteiger partial charge in [-0.25, -0.2) is 0 Å². The van der Waals surface area contributed by atoms with Gasteiger partial charge >= 0.3 is 0 Å². The number of ketones is 2. The predicted molar refractivity (Wildman–Crippen MR) is 233 cm³/mol. The van der Waals surface area contributed by atoms with Gasteiger partial charge in [-0.1, -0.05) is 177 Å². The van der Waals surface area contributed by atoms with E-state index in [1.165, 1.54) is 83.1 Å². The predicted octanol–water partition coefficient (Wildman–Crippen LogP) is 13.6. The van der Waals surface area contributed by atoms with Gasteiger partial charge in [0.1, 0.15) is 23.0 Å². The van der Waals surface area contributed by atoms with E-state index in [9.17, 15) is 19.8 Å². The molecule has 0 aliphatic carbocycles. The van der Waals surface area contributed by atoms with Crippen molar-refractivity contribution in [2.45, 2.75) is 142 Å². The zero-order valence-corrected chi connectivity index (χ0v) is 34.8. The van der Waals surface area contributed by atoms with E-state index in [2.05, 4.69) is 13.8 Å². The third-order valence-electron chi connectivity index (χ3n) is 11.0. The lowest BCUT2D eigenvalue weighted by molar-refractivity contribution is 0.102. The highest BCUT2D eigenvalue weighted by Gasteiger charge is 2.23. The number of carbonyl (C=O) groups is 2. The molecule has 4 aromatic rings. The van der Waals surface area contributed by atoms with Crippen LogP contribution in [0.25, 0.3) is 0 Å². The molecule has 308 valence electrons. The van der Waals surface area contributed by atoms with Crippen molar-refractivity contribution in [2.75, 3.05) is 13.2 Å². The molecule has 1 atom stereocenters. The van der Waals surface area contributed by atoms with Gasteiger partial charge < -0.3 is 19.7 Å². The van der Waals surface area contributed by atoms with Crippen molar-refractivity contribution < 1.29 is 29.3 Å². The molecule has 0 saturated carbocycles. The highest BCUT2D eigenvalue weighted by atomic mass is 16.5. The molecule has 0 amide bonds. The number of phenolic OH excluding ortho intramolecular Hbond substituents is 2. The molecule has 6 nitrogen and oxygen atoms in total. The van der Waals surface area contributed by atoms with Crippen LogP contribution < -0.4 is 9.47 Å². The number of hydrogen-bond donors (Lipinski definition) is 2. The van der Waals surface area contributed by atoms with Gasteiger partial charge in [-0.05, 0) is 55.9 Å². The van der Waals surface area contributed by atoms with Gasteiger partial charge in [0.05, 0.1) is 24.3 Å². The van der Waals surface area contributed by atoms with Crippen molar-refractivity contribution in [3.8, 4) is 23.0 Å². The van der Waals surface area contributed by atoms with E-state index in [1.54, 1.807) is 54.6 Å². The van der Waals surface area contributed by atoms with Crippen molar-refractivity contribution in [1.82, 2.24) is 0 Å². The maximum Gasteiger partial charge on any atom is 0.196 e. The molecule has 0 aromatic heterocycles. The van der Waals surface area contributed by atoms with Crippen molar-refractivity contribution >= 4 is 11.6 Å². The van der Waals surface area contributed by atoms with E-state index in [-0.39, 0.29) is 28.6 Å². The molecule has 0 fully saturated rings. The minimum Gasteiger partial charge on any atom is -0.507 e. The molecule has 1 unspecified atom stereocenters. The normalized spacial score (nSPS) is 11.7. The van der Waals surface area contributed by atoms with Crippen LogP contribution in [0.1, 0.15) is 173 Å². The summed E-state index contributed by atoms with van der Waals surface area (Å²) in [6, 6.07) is 26.6. The molecule has 6 heteroatoms. The Morgan fingerprint density at radius 1 is 0.526 bits per heavy atom. The summed E-state index contributed by atoms with van der Waals surface area (Å²) in [4.78, 5) is 26.5. The molecule has 4 aromatic carbocycles. The summed E-state index contributed by atoms with van der Waals surface area (Å²) in [5, 5.41) is 22.4. The van der Waals surface area contributed by atoms with Crippen LogP contribution in [0, 0.1) is 5.92 Å². The fraction of sp³-hybridized carbons (Fsp3) is 0.490. The lowest BCUT2D eigenvalue weighted by atomic mass is 9.87. The van der Waals surface area contributed by atoms with Crippen LogP contribution in [0.2, 0.25) is 0 Å². The number of ether oxygens (including phenoxy) is 2. The van der Waals surface area contributed by atoms with Crippen LogP contribution >= 0.6 is 0 Å². The monoisotopic (exact) mass is 777 g/mol. The Morgan fingerprint density at radius 2 is 1.00 bits per heavy atom. The van der Waals surface area contributed by atoms with Gasteiger partial charge in [0, 0.05) is 22.8 Å². The lowest BCUT2D eigenvalue weighted by Gasteiger charge is -2.21. The summed E-state index contributed by atoms with van der Waals surface area (Å²) in [5.74, 6) is 1.04. The smallest absolute Gasteiger partial charge is 0.196 e. The molecule has 0 saturated heterocycles. The standard InChI is InChI=1S/C51H68O6/c1-3-5-7-9-10-11-12-13-15-24-37-57-48-35-34-45(50(54)42-30-21-17-22-31-42)51(55)46(48)38-40(26-18-14-8-6-4-2)27-23-25-36-56-43-32-33-44(47(52)39-43)49(53)41-28-19-16-20-29-41/h16-17,19-22,28-35,39-40,52,55H,3-15,18,23-27,36-38H2,1-2H3. The maximum atomic E-state index is 13.6. The minimum absolute atomic E-state index is 0.0396. The first-order valence-corrected chi connectivity index (χ1v) is 22.1. The first-order chi connectivity index (χ1) is 27.9. The average molecular weight is 777 g/mol. The SMILES string of the molecule is CCCCCCCCCCCCOc1ccc(C(=O)c2ccccc2)c(O)c1CC(CCCCCCC)CCCCOc1ccc(C(=O)c2ccccc2)c(O)c1. The summed E-state index contributed by atoms with van der Waals surface area (Å²) in [6.07, 6.45) is 22.8. The fourth-order valence-corrected chi connectivity index (χ4v) is 7.59. The first kappa shape index (κ1) is 45.1. The highest BCUT2D eigenvalue weighted by Crippen LogP contribution is 2.37. The number of rotatable bonds is 30. The third-order valence-corrected chi connectivity index (χ3v) is 11.0. The van der Waals surface area contributed by atoms with Gasteiger partial charge in [0.15, 0.2) is 11.6 Å². The molecule has 0 spiro atoms. The molecule has 0 aliphatic rings. The summed E-state index contributed by atoms with van der Waals surface area (Å²) in [6.45, 7) is 5.56. The molecule has 0 bridgehead atoms. The van der Waals surface area contributed by atoms with Gasteiger partial charge in [-0.3, -0.25) is 9.59 Å². The Labute approximate surface area is 343 Å². The Hall–Kier alpha value is -4.58. The van der Waals surface area contributed by atoms with Crippen molar-refractivity contribution in [3.05, 3.63) is 119 Å². The van der Waals surface area contributed by atoms with Crippen LogP contribution in [0.5, 0.6) is 23.0 Å². The zero-order chi connectivity index (χ0) is 40.5. The van der Waals surface area contributed by atoms with Gasteiger partial charge in [-0.2, -0.15) is 0 Å². The number of carbonyl (C=O) groups excluding carboxylic acids is 2. The van der Waals surface area contributed by atoms with Gasteiger partial charge in [-0.15, -0.1) is 0 Å². The van der Waals surface area contributed by atoms with E-state index in [0.717, 1.165) is 50.5 Å². The van der Waals surface area contributed by atoms with Gasteiger partial charge in [0.25, 0.3) is 0 Å². The third kappa shape index (κ3) is 15.7. The van der Waals surface area contributed by atoms with Crippen molar-refractivity contribution in [2.24, 2.45) is 5.92 Å². The van der Waals surface area contributed by atoms with Gasteiger partial charge in [0.2, 0.25) is 0 Å². The Bertz CT molecular complexity index is 1730. The summed E-state index contributed by atoms with van der Waals surface area (Å²) < 4.78 is 12.4. The van der Waals surface area contributed by atoms with Crippen LogP contribution in [0.15, 0.2) is 91.0 Å². The second-order valence-electron chi connectivity index (χ2n) is 15.7. The summed E-state index contributed by atoms with van der Waals surface area (Å²) in [5.41, 5.74) is 2.38. The Kier molecular flexibility index (Phi) is 20.9. The van der Waals surface area contributed by atoms with Crippen molar-refractivity contribution in [3.63, 3.8) is 0 Å². The maximum absolute atomic E-state index is 13.6. The number of phenols is 2. The van der Waals surface area contributed by atoms with Crippen LogP contribution in [0.4, 0.5) is 0 Å². The summed E-state index contributed by atoms with van der Waals surface area (Å²) in [7, 11) is 0. The molecular formula is C51H68O6. The van der Waals surface area contributed by atoms with Crippen molar-refractivity contribution in [1.29, 1.82) is 0 Å². The van der Waals surface area contributed by atoms with Crippen LogP contribution in [-0.2, 0) is 6.42 Å². The zero-order valence-electron chi connectivity index (χ0n) is 34.8. The molecule has 0 heterocycles. The fourth-order valence-electron chi connectivity index (χ4n) is 7.59. The van der Waals surface area contributed by atoms with Crippen LogP contribution in [-0.4, -0.2) is 35.0 Å². The summed E-state index contributed by atoms with van der Waals surface area (Å²) >= 11 is 0. The highest BCUT2D eigenvalue weighted by molar-refractivity contribution is 6.11. The van der Waals surface area contributed by atoms with E-state index in [4.69, 9.17) is 9.47 Å². The second kappa shape index (κ2) is 26.4. The minimum atomic E-state index is -0.228. The first-order valence-electron chi connectivity index (χ1n) is 22.1. The van der Waals surface area contributed by atoms with E-state index >= 15 is 0 Å². The topological polar surface area (TPSA) is 93.1 Å². The molecule has 57 heavy (non-hydrogen) atoms.